The van der Waals surface area contributed by atoms with E-state index in [0.717, 1.165) is 5.56 Å². The zero-order valence-corrected chi connectivity index (χ0v) is 13.1. The highest BCUT2D eigenvalue weighted by Crippen LogP contribution is 2.25. The molecule has 0 bridgehead atoms. The van der Waals surface area contributed by atoms with Crippen molar-refractivity contribution in [3.05, 3.63) is 68.7 Å². The molecule has 2 aromatic rings. The topological polar surface area (TPSA) is 12.0 Å². The number of benzene rings is 2. The molecule has 0 fully saturated rings. The summed E-state index contributed by atoms with van der Waals surface area (Å²) in [6.07, 6.45) is 0.427. The zero-order chi connectivity index (χ0) is 14.7. The second kappa shape index (κ2) is 6.66. The van der Waals surface area contributed by atoms with Crippen molar-refractivity contribution in [1.82, 2.24) is 5.32 Å². The highest BCUT2D eigenvalue weighted by Gasteiger charge is 2.14. The molecule has 0 aliphatic heterocycles. The zero-order valence-electron chi connectivity index (χ0n) is 10.8. The average molecular weight is 361 g/mol. The van der Waals surface area contributed by atoms with E-state index in [4.69, 9.17) is 11.6 Å². The van der Waals surface area contributed by atoms with E-state index in [1.54, 1.807) is 25.2 Å². The first-order valence-electron chi connectivity index (χ1n) is 6.07. The minimum absolute atomic E-state index is 0.0819. The minimum atomic E-state index is -0.472. The fourth-order valence-corrected chi connectivity index (χ4v) is 2.47. The van der Waals surface area contributed by atoms with Crippen LogP contribution < -0.4 is 5.32 Å². The van der Waals surface area contributed by atoms with Gasteiger partial charge in [-0.05, 0) is 48.9 Å². The lowest BCUT2D eigenvalue weighted by Crippen LogP contribution is -2.19. The minimum Gasteiger partial charge on any atom is -0.313 e. The SMILES string of the molecule is CNC(Cc1ccc(Br)cc1F)c1ccc(Cl)c(F)c1. The van der Waals surface area contributed by atoms with Crippen LogP contribution >= 0.6 is 27.5 Å². The molecule has 2 aromatic carbocycles. The Kier molecular flexibility index (Phi) is 5.13. The van der Waals surface area contributed by atoms with Crippen molar-refractivity contribution in [3.63, 3.8) is 0 Å². The fraction of sp³-hybridized carbons (Fsp3) is 0.200. The number of nitrogens with one attached hydrogen (secondary N) is 1. The summed E-state index contributed by atoms with van der Waals surface area (Å²) in [5.41, 5.74) is 1.31. The summed E-state index contributed by atoms with van der Waals surface area (Å²) in [4.78, 5) is 0. The van der Waals surface area contributed by atoms with E-state index < -0.39 is 5.82 Å². The van der Waals surface area contributed by atoms with Gasteiger partial charge in [-0.1, -0.05) is 39.7 Å². The molecule has 1 unspecified atom stereocenters. The molecule has 2 rings (SSSR count). The lowest BCUT2D eigenvalue weighted by Gasteiger charge is -2.17. The summed E-state index contributed by atoms with van der Waals surface area (Å²) < 4.78 is 28.1. The molecule has 0 radical (unpaired) electrons. The molecule has 0 spiro atoms. The molecule has 0 aliphatic carbocycles. The van der Waals surface area contributed by atoms with Crippen molar-refractivity contribution in [2.75, 3.05) is 7.05 Å². The van der Waals surface area contributed by atoms with E-state index in [0.29, 0.717) is 16.5 Å². The smallest absolute Gasteiger partial charge is 0.142 e. The third-order valence-corrected chi connectivity index (χ3v) is 3.93. The second-order valence-electron chi connectivity index (χ2n) is 4.45. The maximum absolute atomic E-state index is 13.9. The molecular formula is C15H13BrClF2N. The summed E-state index contributed by atoms with van der Waals surface area (Å²) >= 11 is 8.89. The largest absolute Gasteiger partial charge is 0.313 e. The third kappa shape index (κ3) is 3.57. The van der Waals surface area contributed by atoms with Crippen LogP contribution in [0.15, 0.2) is 40.9 Å². The fourth-order valence-electron chi connectivity index (χ4n) is 2.02. The Morgan fingerprint density at radius 2 is 1.90 bits per heavy atom. The van der Waals surface area contributed by atoms with Gasteiger partial charge in [0.25, 0.3) is 0 Å². The first-order valence-corrected chi connectivity index (χ1v) is 7.24. The number of halogens is 4. The predicted molar refractivity (Wildman–Crippen MR) is 81.0 cm³/mol. The highest BCUT2D eigenvalue weighted by atomic mass is 79.9. The number of rotatable bonds is 4. The molecule has 0 saturated carbocycles. The van der Waals surface area contributed by atoms with Crippen LogP contribution in [-0.4, -0.2) is 7.05 Å². The highest BCUT2D eigenvalue weighted by molar-refractivity contribution is 9.10. The monoisotopic (exact) mass is 359 g/mol. The van der Waals surface area contributed by atoms with Gasteiger partial charge in [-0.2, -0.15) is 0 Å². The maximum atomic E-state index is 13.9. The summed E-state index contributed by atoms with van der Waals surface area (Å²) in [6.45, 7) is 0. The standard InChI is InChI=1S/C15H13BrClF2N/c1-20-15(10-3-5-12(17)14(19)6-10)7-9-2-4-11(16)8-13(9)18/h2-6,8,15,20H,7H2,1H3. The number of hydrogen-bond donors (Lipinski definition) is 1. The van der Waals surface area contributed by atoms with E-state index in [9.17, 15) is 8.78 Å². The average Bonchev–Trinajstić information content (AvgIpc) is 2.41. The van der Waals surface area contributed by atoms with Crippen LogP contribution in [0.1, 0.15) is 17.2 Å². The molecule has 0 saturated heterocycles. The first-order chi connectivity index (χ1) is 9.51. The van der Waals surface area contributed by atoms with Crippen molar-refractivity contribution in [2.24, 2.45) is 0 Å². The van der Waals surface area contributed by atoms with Crippen LogP contribution in [0.4, 0.5) is 8.78 Å². The first kappa shape index (κ1) is 15.4. The van der Waals surface area contributed by atoms with Crippen LogP contribution in [0.5, 0.6) is 0 Å². The molecule has 106 valence electrons. The Bertz CT molecular complexity index is 619. The van der Waals surface area contributed by atoms with Gasteiger partial charge < -0.3 is 5.32 Å². The Labute approximate surface area is 130 Å². The molecule has 0 aliphatic rings. The van der Waals surface area contributed by atoms with E-state index in [1.165, 1.54) is 18.2 Å². The number of hydrogen-bond acceptors (Lipinski definition) is 1. The van der Waals surface area contributed by atoms with E-state index in [2.05, 4.69) is 21.2 Å². The maximum Gasteiger partial charge on any atom is 0.142 e. The van der Waals surface area contributed by atoms with Crippen molar-refractivity contribution in [3.8, 4) is 0 Å². The van der Waals surface area contributed by atoms with Gasteiger partial charge in [0, 0.05) is 10.5 Å². The van der Waals surface area contributed by atoms with Gasteiger partial charge in [0.15, 0.2) is 0 Å². The molecule has 0 amide bonds. The Morgan fingerprint density at radius 3 is 2.50 bits per heavy atom. The summed E-state index contributed by atoms with van der Waals surface area (Å²) in [5, 5.41) is 3.15. The molecular weight excluding hydrogens is 348 g/mol. The van der Waals surface area contributed by atoms with Crippen LogP contribution in [0.25, 0.3) is 0 Å². The molecule has 1 atom stereocenters. The molecule has 5 heteroatoms. The second-order valence-corrected chi connectivity index (χ2v) is 5.78. The summed E-state index contributed by atoms with van der Waals surface area (Å²) in [6, 6.07) is 9.36. The normalized spacial score (nSPS) is 12.4. The Morgan fingerprint density at radius 1 is 1.15 bits per heavy atom. The predicted octanol–water partition coefficient (Wildman–Crippen LogP) is 4.88. The summed E-state index contributed by atoms with van der Waals surface area (Å²) in [5.74, 6) is -0.755. The van der Waals surface area contributed by atoms with Crippen LogP contribution in [0, 0.1) is 11.6 Å². The Hall–Kier alpha value is -0.970. The van der Waals surface area contributed by atoms with Gasteiger partial charge in [-0.15, -0.1) is 0 Å². The van der Waals surface area contributed by atoms with Gasteiger partial charge in [0.1, 0.15) is 11.6 Å². The van der Waals surface area contributed by atoms with Gasteiger partial charge in [0.05, 0.1) is 5.02 Å². The van der Waals surface area contributed by atoms with Gasteiger partial charge in [0.2, 0.25) is 0 Å². The molecule has 1 N–H and O–H groups in total. The van der Waals surface area contributed by atoms with Crippen molar-refractivity contribution < 1.29 is 8.78 Å². The van der Waals surface area contributed by atoms with E-state index >= 15 is 0 Å². The molecule has 1 nitrogen and oxygen atoms in total. The molecule has 0 aromatic heterocycles. The van der Waals surface area contributed by atoms with Crippen molar-refractivity contribution >= 4 is 27.5 Å². The van der Waals surface area contributed by atoms with Gasteiger partial charge in [-0.3, -0.25) is 0 Å². The summed E-state index contributed by atoms with van der Waals surface area (Å²) in [7, 11) is 1.76. The lowest BCUT2D eigenvalue weighted by atomic mass is 9.98. The molecule has 0 heterocycles. The van der Waals surface area contributed by atoms with E-state index in [1.807, 2.05) is 0 Å². The Balaban J connectivity index is 2.26. The quantitative estimate of drug-likeness (QED) is 0.819. The lowest BCUT2D eigenvalue weighted by molar-refractivity contribution is 0.549. The van der Waals surface area contributed by atoms with Crippen molar-refractivity contribution in [1.29, 1.82) is 0 Å². The third-order valence-electron chi connectivity index (χ3n) is 3.13. The van der Waals surface area contributed by atoms with Crippen LogP contribution in [-0.2, 0) is 6.42 Å². The number of likely N-dealkylation sites (N-methyl/N-ethyl adjacent to an activating group) is 1. The van der Waals surface area contributed by atoms with Crippen LogP contribution in [0.2, 0.25) is 5.02 Å². The van der Waals surface area contributed by atoms with Gasteiger partial charge >= 0.3 is 0 Å². The van der Waals surface area contributed by atoms with Crippen LogP contribution in [0.3, 0.4) is 0 Å². The van der Waals surface area contributed by atoms with E-state index in [-0.39, 0.29) is 16.9 Å². The van der Waals surface area contributed by atoms with Gasteiger partial charge in [-0.25, -0.2) is 8.78 Å². The van der Waals surface area contributed by atoms with Crippen molar-refractivity contribution in [2.45, 2.75) is 12.5 Å². The molecule has 20 heavy (non-hydrogen) atoms.